The quantitative estimate of drug-likeness (QED) is 0.702. The van der Waals surface area contributed by atoms with Gasteiger partial charge in [0.05, 0.1) is 13.1 Å². The van der Waals surface area contributed by atoms with Crippen LogP contribution in [0.25, 0.3) is 0 Å². The van der Waals surface area contributed by atoms with Gasteiger partial charge in [-0.25, -0.2) is 0 Å². The molecule has 0 atom stereocenters. The average molecular weight is 324 g/mol. The fourth-order valence-electron chi connectivity index (χ4n) is 3.29. The predicted octanol–water partition coefficient (Wildman–Crippen LogP) is 0.578. The molecule has 2 fully saturated rings. The Labute approximate surface area is 140 Å². The Morgan fingerprint density at radius 2 is 1.17 bits per heavy atom. The third kappa shape index (κ3) is 5.46. The van der Waals surface area contributed by atoms with Crippen molar-refractivity contribution >= 4 is 11.8 Å². The first kappa shape index (κ1) is 18.2. The standard InChI is InChI=1S/C17H32N4O2/c1-16(2)12-20(14(22)10-18-16)8-6-5-7-9-21-13-17(3,4)19-11-15(21)23/h18-19H,5-13H2,1-4H3. The van der Waals surface area contributed by atoms with Crippen molar-refractivity contribution in [3.05, 3.63) is 0 Å². The molecule has 0 aromatic heterocycles. The average Bonchev–Trinajstić information content (AvgIpc) is 2.45. The Morgan fingerprint density at radius 3 is 1.57 bits per heavy atom. The second kappa shape index (κ2) is 7.18. The van der Waals surface area contributed by atoms with Crippen molar-refractivity contribution in [3.8, 4) is 0 Å². The Morgan fingerprint density at radius 1 is 0.783 bits per heavy atom. The minimum Gasteiger partial charge on any atom is -0.340 e. The normalized spacial score (nSPS) is 24.2. The van der Waals surface area contributed by atoms with Gasteiger partial charge in [-0.3, -0.25) is 9.59 Å². The summed E-state index contributed by atoms with van der Waals surface area (Å²) in [4.78, 5) is 27.8. The fourth-order valence-corrected chi connectivity index (χ4v) is 3.29. The van der Waals surface area contributed by atoms with E-state index in [0.717, 1.165) is 45.4 Å². The maximum Gasteiger partial charge on any atom is 0.236 e. The van der Waals surface area contributed by atoms with Gasteiger partial charge >= 0.3 is 0 Å². The lowest BCUT2D eigenvalue weighted by Crippen LogP contribution is -2.60. The molecule has 0 aliphatic carbocycles. The molecule has 0 aromatic carbocycles. The van der Waals surface area contributed by atoms with Gasteiger partial charge in [0.1, 0.15) is 0 Å². The first-order valence-corrected chi connectivity index (χ1v) is 8.74. The summed E-state index contributed by atoms with van der Waals surface area (Å²) >= 11 is 0. The van der Waals surface area contributed by atoms with Gasteiger partial charge < -0.3 is 20.4 Å². The first-order valence-electron chi connectivity index (χ1n) is 8.74. The summed E-state index contributed by atoms with van der Waals surface area (Å²) in [5.41, 5.74) is 0.0133. The van der Waals surface area contributed by atoms with E-state index in [1.165, 1.54) is 0 Å². The molecule has 0 spiro atoms. The van der Waals surface area contributed by atoms with Gasteiger partial charge in [0, 0.05) is 37.3 Å². The Kier molecular flexibility index (Phi) is 5.68. The number of nitrogens with one attached hydrogen (secondary N) is 2. The van der Waals surface area contributed by atoms with E-state index in [1.807, 2.05) is 9.80 Å². The van der Waals surface area contributed by atoms with E-state index >= 15 is 0 Å². The molecule has 2 heterocycles. The van der Waals surface area contributed by atoms with Gasteiger partial charge in [0.2, 0.25) is 11.8 Å². The molecular weight excluding hydrogens is 292 g/mol. The Bertz CT molecular complexity index is 408. The number of carbonyl (C=O) groups excluding carboxylic acids is 2. The maximum atomic E-state index is 11.9. The van der Waals surface area contributed by atoms with Crippen LogP contribution in [0.2, 0.25) is 0 Å². The molecular formula is C17H32N4O2. The molecule has 2 saturated heterocycles. The van der Waals surface area contributed by atoms with E-state index in [2.05, 4.69) is 38.3 Å². The summed E-state index contributed by atoms with van der Waals surface area (Å²) < 4.78 is 0. The van der Waals surface area contributed by atoms with Gasteiger partial charge in [-0.1, -0.05) is 0 Å². The van der Waals surface area contributed by atoms with Crippen LogP contribution in [0.1, 0.15) is 47.0 Å². The molecule has 0 saturated carbocycles. The molecule has 0 unspecified atom stereocenters. The monoisotopic (exact) mass is 324 g/mol. The number of hydrogen-bond donors (Lipinski definition) is 2. The largest absolute Gasteiger partial charge is 0.340 e. The zero-order chi connectivity index (χ0) is 17.1. The third-order valence-corrected chi connectivity index (χ3v) is 4.67. The number of hydrogen-bond acceptors (Lipinski definition) is 4. The van der Waals surface area contributed by atoms with Gasteiger partial charge in [0.25, 0.3) is 0 Å². The Balaban J connectivity index is 1.65. The molecule has 2 aliphatic heterocycles. The molecule has 0 bridgehead atoms. The van der Waals surface area contributed by atoms with Crippen LogP contribution in [0.15, 0.2) is 0 Å². The lowest BCUT2D eigenvalue weighted by atomic mass is 10.0. The maximum absolute atomic E-state index is 11.9. The number of unbranched alkanes of at least 4 members (excludes halogenated alkanes) is 2. The van der Waals surface area contributed by atoms with E-state index in [4.69, 9.17) is 0 Å². The molecule has 6 nitrogen and oxygen atoms in total. The van der Waals surface area contributed by atoms with Crippen molar-refractivity contribution in [1.29, 1.82) is 0 Å². The highest BCUT2D eigenvalue weighted by molar-refractivity contribution is 5.79. The zero-order valence-electron chi connectivity index (χ0n) is 15.1. The van der Waals surface area contributed by atoms with Crippen LogP contribution in [0, 0.1) is 0 Å². The van der Waals surface area contributed by atoms with Crippen LogP contribution < -0.4 is 10.6 Å². The highest BCUT2D eigenvalue weighted by atomic mass is 16.2. The van der Waals surface area contributed by atoms with Crippen LogP contribution in [0.4, 0.5) is 0 Å². The summed E-state index contributed by atoms with van der Waals surface area (Å²) in [6.07, 6.45) is 3.06. The van der Waals surface area contributed by atoms with Crippen LogP contribution in [0.3, 0.4) is 0 Å². The Hall–Kier alpha value is -1.14. The minimum atomic E-state index is 0.00666. The number of amides is 2. The van der Waals surface area contributed by atoms with Crippen molar-refractivity contribution in [3.63, 3.8) is 0 Å². The summed E-state index contributed by atoms with van der Waals surface area (Å²) in [5, 5.41) is 6.51. The van der Waals surface area contributed by atoms with Crippen LogP contribution >= 0.6 is 0 Å². The predicted molar refractivity (Wildman–Crippen MR) is 91.2 cm³/mol. The van der Waals surface area contributed by atoms with Crippen molar-refractivity contribution in [2.75, 3.05) is 39.3 Å². The van der Waals surface area contributed by atoms with E-state index in [9.17, 15) is 9.59 Å². The summed E-state index contributed by atoms with van der Waals surface area (Å²) in [5.74, 6) is 0.395. The van der Waals surface area contributed by atoms with Crippen molar-refractivity contribution in [2.24, 2.45) is 0 Å². The van der Waals surface area contributed by atoms with Gasteiger partial charge in [-0.15, -0.1) is 0 Å². The second-order valence-electron chi connectivity index (χ2n) is 8.17. The number of nitrogens with zero attached hydrogens (tertiary/aromatic N) is 2. The summed E-state index contributed by atoms with van der Waals surface area (Å²) in [7, 11) is 0. The molecule has 0 radical (unpaired) electrons. The molecule has 2 aliphatic rings. The van der Waals surface area contributed by atoms with Crippen LogP contribution in [-0.2, 0) is 9.59 Å². The number of rotatable bonds is 6. The highest BCUT2D eigenvalue weighted by Gasteiger charge is 2.31. The molecule has 132 valence electrons. The highest BCUT2D eigenvalue weighted by Crippen LogP contribution is 2.14. The van der Waals surface area contributed by atoms with E-state index in [1.54, 1.807) is 0 Å². The molecule has 6 heteroatoms. The zero-order valence-corrected chi connectivity index (χ0v) is 15.1. The molecule has 2 N–H and O–H groups in total. The van der Waals surface area contributed by atoms with Gasteiger partial charge in [0.15, 0.2) is 0 Å². The van der Waals surface area contributed by atoms with Gasteiger partial charge in [-0.2, -0.15) is 0 Å². The van der Waals surface area contributed by atoms with Crippen molar-refractivity contribution < 1.29 is 9.59 Å². The van der Waals surface area contributed by atoms with E-state index < -0.39 is 0 Å². The van der Waals surface area contributed by atoms with Gasteiger partial charge in [-0.05, 0) is 47.0 Å². The topological polar surface area (TPSA) is 64.7 Å². The summed E-state index contributed by atoms with van der Waals surface area (Å²) in [6, 6.07) is 0. The minimum absolute atomic E-state index is 0.00666. The fraction of sp³-hybridized carbons (Fsp3) is 0.882. The third-order valence-electron chi connectivity index (χ3n) is 4.67. The molecule has 23 heavy (non-hydrogen) atoms. The smallest absolute Gasteiger partial charge is 0.236 e. The van der Waals surface area contributed by atoms with E-state index in [0.29, 0.717) is 13.1 Å². The SMILES string of the molecule is CC1(C)CN(CCCCCN2CC(C)(C)NCC2=O)C(=O)CN1. The number of piperazine rings is 2. The molecule has 0 aromatic rings. The molecule has 2 rings (SSSR count). The lowest BCUT2D eigenvalue weighted by Gasteiger charge is -2.39. The lowest BCUT2D eigenvalue weighted by molar-refractivity contribution is -0.134. The molecule has 2 amide bonds. The van der Waals surface area contributed by atoms with E-state index in [-0.39, 0.29) is 22.9 Å². The van der Waals surface area contributed by atoms with Crippen molar-refractivity contribution in [2.45, 2.75) is 58.0 Å². The summed E-state index contributed by atoms with van der Waals surface area (Å²) in [6.45, 7) is 12.6. The number of carbonyl (C=O) groups is 2. The second-order valence-corrected chi connectivity index (χ2v) is 8.17. The first-order chi connectivity index (χ1) is 10.7. The van der Waals surface area contributed by atoms with Crippen LogP contribution in [0.5, 0.6) is 0 Å². The van der Waals surface area contributed by atoms with Crippen LogP contribution in [-0.4, -0.2) is 72.0 Å². The van der Waals surface area contributed by atoms with Crippen molar-refractivity contribution in [1.82, 2.24) is 20.4 Å².